The highest BCUT2D eigenvalue weighted by Gasteiger charge is 2.13. The summed E-state index contributed by atoms with van der Waals surface area (Å²) in [5.41, 5.74) is 1.36. The van der Waals surface area contributed by atoms with Crippen LogP contribution in [0.5, 0.6) is 0 Å². The fraction of sp³-hybridized carbons (Fsp3) is 0.222. The van der Waals surface area contributed by atoms with Crippen LogP contribution in [-0.4, -0.2) is 6.54 Å². The maximum Gasteiger partial charge on any atom is 0.0368 e. The SMILES string of the molecule is CCNC(Cc1cc(Br)cs1)c1ccc2ccccc2c1. The van der Waals surface area contributed by atoms with Crippen LogP contribution in [0.25, 0.3) is 10.8 Å². The van der Waals surface area contributed by atoms with Crippen molar-refractivity contribution in [2.45, 2.75) is 19.4 Å². The maximum atomic E-state index is 3.61. The average molecular weight is 360 g/mol. The van der Waals surface area contributed by atoms with E-state index in [0.29, 0.717) is 6.04 Å². The van der Waals surface area contributed by atoms with Crippen LogP contribution in [0.1, 0.15) is 23.4 Å². The number of likely N-dealkylation sites (N-methyl/N-ethyl adjacent to an activating group) is 1. The quantitative estimate of drug-likeness (QED) is 0.628. The monoisotopic (exact) mass is 359 g/mol. The van der Waals surface area contributed by atoms with Gasteiger partial charge in [-0.15, -0.1) is 11.3 Å². The number of halogens is 1. The van der Waals surface area contributed by atoms with Crippen molar-refractivity contribution in [3.63, 3.8) is 0 Å². The van der Waals surface area contributed by atoms with Crippen LogP contribution in [0.4, 0.5) is 0 Å². The van der Waals surface area contributed by atoms with Gasteiger partial charge in [0.15, 0.2) is 0 Å². The number of thiophene rings is 1. The van der Waals surface area contributed by atoms with Gasteiger partial charge in [0.1, 0.15) is 0 Å². The number of rotatable bonds is 5. The zero-order valence-electron chi connectivity index (χ0n) is 12.0. The third-order valence-electron chi connectivity index (χ3n) is 3.65. The Hall–Kier alpha value is -1.16. The molecule has 0 spiro atoms. The molecular weight excluding hydrogens is 342 g/mol. The van der Waals surface area contributed by atoms with E-state index < -0.39 is 0 Å². The van der Waals surface area contributed by atoms with Gasteiger partial charge in [0.25, 0.3) is 0 Å². The molecule has 0 radical (unpaired) electrons. The number of fused-ring (bicyclic) bond motifs is 1. The lowest BCUT2D eigenvalue weighted by molar-refractivity contribution is 0.554. The predicted molar refractivity (Wildman–Crippen MR) is 96.1 cm³/mol. The summed E-state index contributed by atoms with van der Waals surface area (Å²) < 4.78 is 1.18. The molecule has 3 heteroatoms. The van der Waals surface area contributed by atoms with Crippen molar-refractivity contribution in [1.82, 2.24) is 5.32 Å². The molecule has 1 N–H and O–H groups in total. The molecule has 0 aliphatic carbocycles. The standard InChI is InChI=1S/C18H18BrNS/c1-2-20-18(11-17-10-16(19)12-21-17)15-8-7-13-5-3-4-6-14(13)9-15/h3-10,12,18,20H,2,11H2,1H3. The molecule has 0 saturated carbocycles. The number of benzene rings is 2. The van der Waals surface area contributed by atoms with Gasteiger partial charge in [-0.2, -0.15) is 0 Å². The molecule has 3 rings (SSSR count). The molecule has 1 nitrogen and oxygen atoms in total. The van der Waals surface area contributed by atoms with Gasteiger partial charge in [0, 0.05) is 27.2 Å². The van der Waals surface area contributed by atoms with E-state index in [4.69, 9.17) is 0 Å². The van der Waals surface area contributed by atoms with Crippen LogP contribution in [0.15, 0.2) is 58.4 Å². The molecule has 0 aliphatic heterocycles. The summed E-state index contributed by atoms with van der Waals surface area (Å²) in [6, 6.07) is 17.9. The third-order valence-corrected chi connectivity index (χ3v) is 5.37. The van der Waals surface area contributed by atoms with E-state index in [1.165, 1.54) is 25.7 Å². The van der Waals surface area contributed by atoms with Gasteiger partial charge in [-0.3, -0.25) is 0 Å². The molecule has 2 aromatic carbocycles. The number of nitrogens with one attached hydrogen (secondary N) is 1. The zero-order valence-corrected chi connectivity index (χ0v) is 14.4. The maximum absolute atomic E-state index is 3.61. The van der Waals surface area contributed by atoms with E-state index in [2.05, 4.69) is 82.1 Å². The molecule has 0 saturated heterocycles. The average Bonchev–Trinajstić information content (AvgIpc) is 2.91. The van der Waals surface area contributed by atoms with E-state index in [0.717, 1.165) is 13.0 Å². The van der Waals surface area contributed by atoms with Gasteiger partial charge in [0.05, 0.1) is 0 Å². The highest BCUT2D eigenvalue weighted by molar-refractivity contribution is 9.10. The Labute approximate surface area is 138 Å². The molecule has 0 aliphatic rings. The van der Waals surface area contributed by atoms with E-state index in [9.17, 15) is 0 Å². The second kappa shape index (κ2) is 6.73. The summed E-state index contributed by atoms with van der Waals surface area (Å²) in [5, 5.41) is 8.38. The second-order valence-electron chi connectivity index (χ2n) is 5.15. The van der Waals surface area contributed by atoms with Crippen molar-refractivity contribution in [3.8, 4) is 0 Å². The minimum atomic E-state index is 0.366. The Morgan fingerprint density at radius 3 is 2.62 bits per heavy atom. The first-order valence-corrected chi connectivity index (χ1v) is 8.88. The first-order chi connectivity index (χ1) is 10.3. The first-order valence-electron chi connectivity index (χ1n) is 7.21. The largest absolute Gasteiger partial charge is 0.310 e. The Bertz CT molecular complexity index is 735. The molecule has 1 heterocycles. The van der Waals surface area contributed by atoms with Gasteiger partial charge in [-0.25, -0.2) is 0 Å². The van der Waals surface area contributed by atoms with Gasteiger partial charge < -0.3 is 5.32 Å². The number of hydrogen-bond acceptors (Lipinski definition) is 2. The predicted octanol–water partition coefficient (Wildman–Crippen LogP) is 5.56. The summed E-state index contributed by atoms with van der Waals surface area (Å²) in [5.74, 6) is 0. The molecule has 1 aromatic heterocycles. The van der Waals surface area contributed by atoms with Crippen LogP contribution in [0.3, 0.4) is 0 Å². The molecule has 0 bridgehead atoms. The Morgan fingerprint density at radius 1 is 1.10 bits per heavy atom. The first kappa shape index (κ1) is 14.8. The van der Waals surface area contributed by atoms with Gasteiger partial charge in [0.2, 0.25) is 0 Å². The van der Waals surface area contributed by atoms with Crippen molar-refractivity contribution in [2.24, 2.45) is 0 Å². The van der Waals surface area contributed by atoms with E-state index in [1.54, 1.807) is 0 Å². The molecule has 0 fully saturated rings. The van der Waals surface area contributed by atoms with Crippen molar-refractivity contribution in [1.29, 1.82) is 0 Å². The summed E-state index contributed by atoms with van der Waals surface area (Å²) in [7, 11) is 0. The molecule has 0 amide bonds. The van der Waals surface area contributed by atoms with E-state index in [1.807, 2.05) is 11.3 Å². The van der Waals surface area contributed by atoms with Crippen LogP contribution in [0.2, 0.25) is 0 Å². The fourth-order valence-corrected chi connectivity index (χ4v) is 4.14. The molecule has 3 aromatic rings. The lowest BCUT2D eigenvalue weighted by Crippen LogP contribution is -2.22. The van der Waals surface area contributed by atoms with Crippen molar-refractivity contribution >= 4 is 38.0 Å². The number of hydrogen-bond donors (Lipinski definition) is 1. The Balaban J connectivity index is 1.90. The normalized spacial score (nSPS) is 12.7. The summed E-state index contributed by atoms with van der Waals surface area (Å²) >= 11 is 5.36. The van der Waals surface area contributed by atoms with Crippen LogP contribution in [0, 0.1) is 0 Å². The minimum Gasteiger partial charge on any atom is -0.310 e. The van der Waals surface area contributed by atoms with Crippen LogP contribution < -0.4 is 5.32 Å². The smallest absolute Gasteiger partial charge is 0.0368 e. The van der Waals surface area contributed by atoms with Crippen molar-refractivity contribution < 1.29 is 0 Å². The molecular formula is C18H18BrNS. The van der Waals surface area contributed by atoms with E-state index in [-0.39, 0.29) is 0 Å². The summed E-state index contributed by atoms with van der Waals surface area (Å²) in [4.78, 5) is 1.40. The Kier molecular flexibility index (Phi) is 4.73. The molecule has 1 unspecified atom stereocenters. The van der Waals surface area contributed by atoms with Crippen molar-refractivity contribution in [2.75, 3.05) is 6.54 Å². The molecule has 108 valence electrons. The molecule has 1 atom stereocenters. The summed E-state index contributed by atoms with van der Waals surface area (Å²) in [6.07, 6.45) is 1.03. The summed E-state index contributed by atoms with van der Waals surface area (Å²) in [6.45, 7) is 3.14. The van der Waals surface area contributed by atoms with Crippen molar-refractivity contribution in [3.05, 3.63) is 68.8 Å². The van der Waals surface area contributed by atoms with Crippen LogP contribution >= 0.6 is 27.3 Å². The highest BCUT2D eigenvalue weighted by Crippen LogP contribution is 2.27. The second-order valence-corrected chi connectivity index (χ2v) is 7.06. The minimum absolute atomic E-state index is 0.366. The zero-order chi connectivity index (χ0) is 14.7. The fourth-order valence-electron chi connectivity index (χ4n) is 2.64. The van der Waals surface area contributed by atoms with Gasteiger partial charge in [-0.1, -0.05) is 43.3 Å². The molecule has 21 heavy (non-hydrogen) atoms. The topological polar surface area (TPSA) is 12.0 Å². The lowest BCUT2D eigenvalue weighted by atomic mass is 9.99. The lowest BCUT2D eigenvalue weighted by Gasteiger charge is -2.18. The third kappa shape index (κ3) is 3.54. The van der Waals surface area contributed by atoms with Gasteiger partial charge >= 0.3 is 0 Å². The van der Waals surface area contributed by atoms with E-state index >= 15 is 0 Å². The van der Waals surface area contributed by atoms with Crippen LogP contribution in [-0.2, 0) is 6.42 Å². The highest BCUT2D eigenvalue weighted by atomic mass is 79.9. The van der Waals surface area contributed by atoms with Gasteiger partial charge in [-0.05, 0) is 50.9 Å². The Morgan fingerprint density at radius 2 is 1.90 bits per heavy atom.